The Bertz CT molecular complexity index is 284. The third-order valence-corrected chi connectivity index (χ3v) is 3.28. The Morgan fingerprint density at radius 2 is 2.27 bits per heavy atom. The summed E-state index contributed by atoms with van der Waals surface area (Å²) in [6.45, 7) is 0. The molecule has 0 radical (unpaired) electrons. The molecule has 0 atom stereocenters. The number of hydrogen-bond acceptors (Lipinski definition) is 3. The fourth-order valence-electron chi connectivity index (χ4n) is 2.28. The Hall–Kier alpha value is -0.800. The molecule has 2 rings (SSSR count). The van der Waals surface area contributed by atoms with Crippen molar-refractivity contribution in [1.82, 2.24) is 0 Å². The molecule has 0 aromatic carbocycles. The number of furan rings is 1. The quantitative estimate of drug-likeness (QED) is 0.831. The van der Waals surface area contributed by atoms with Crippen molar-refractivity contribution in [2.75, 3.05) is 7.11 Å². The van der Waals surface area contributed by atoms with Gasteiger partial charge in [0.15, 0.2) is 0 Å². The summed E-state index contributed by atoms with van der Waals surface area (Å²) in [5.74, 6) is 0.869. The first kappa shape index (κ1) is 10.7. The molecule has 0 bridgehead atoms. The van der Waals surface area contributed by atoms with Gasteiger partial charge < -0.3 is 14.3 Å². The molecule has 0 spiro atoms. The first-order valence-electron chi connectivity index (χ1n) is 5.49. The first-order chi connectivity index (χ1) is 7.22. The summed E-state index contributed by atoms with van der Waals surface area (Å²) in [7, 11) is 1.74. The van der Waals surface area contributed by atoms with Gasteiger partial charge >= 0.3 is 0 Å². The van der Waals surface area contributed by atoms with Gasteiger partial charge in [-0.25, -0.2) is 0 Å². The van der Waals surface area contributed by atoms with Gasteiger partial charge in [0.25, 0.3) is 0 Å². The summed E-state index contributed by atoms with van der Waals surface area (Å²) in [5, 5.41) is 10.3. The maximum absolute atomic E-state index is 10.3. The van der Waals surface area contributed by atoms with Crippen molar-refractivity contribution in [1.29, 1.82) is 0 Å². The zero-order chi connectivity index (χ0) is 10.7. The average molecular weight is 210 g/mol. The van der Waals surface area contributed by atoms with Crippen LogP contribution in [0, 0.1) is 0 Å². The van der Waals surface area contributed by atoms with Crippen LogP contribution >= 0.6 is 0 Å². The van der Waals surface area contributed by atoms with Crippen LogP contribution in [0.4, 0.5) is 0 Å². The smallest absolute Gasteiger partial charge is 0.106 e. The van der Waals surface area contributed by atoms with E-state index in [1.165, 1.54) is 0 Å². The van der Waals surface area contributed by atoms with Crippen LogP contribution in [-0.2, 0) is 11.2 Å². The summed E-state index contributed by atoms with van der Waals surface area (Å²) < 4.78 is 10.5. The predicted molar refractivity (Wildman–Crippen MR) is 56.6 cm³/mol. The van der Waals surface area contributed by atoms with Crippen LogP contribution in [0.2, 0.25) is 0 Å². The van der Waals surface area contributed by atoms with E-state index in [1.807, 2.05) is 12.1 Å². The fraction of sp³-hybridized carbons (Fsp3) is 0.667. The minimum absolute atomic E-state index is 0.321. The van der Waals surface area contributed by atoms with E-state index in [-0.39, 0.29) is 0 Å². The molecule has 1 aromatic rings. The van der Waals surface area contributed by atoms with E-state index in [2.05, 4.69) is 0 Å². The van der Waals surface area contributed by atoms with Crippen molar-refractivity contribution in [3.8, 4) is 0 Å². The molecule has 3 nitrogen and oxygen atoms in total. The second kappa shape index (κ2) is 4.37. The minimum atomic E-state index is -0.590. The number of rotatable bonds is 3. The molecule has 1 heterocycles. The fourth-order valence-corrected chi connectivity index (χ4v) is 2.28. The molecule has 15 heavy (non-hydrogen) atoms. The molecular weight excluding hydrogens is 192 g/mol. The lowest BCUT2D eigenvalue weighted by atomic mass is 9.80. The second-order valence-corrected chi connectivity index (χ2v) is 4.42. The van der Waals surface area contributed by atoms with Gasteiger partial charge in [-0.1, -0.05) is 0 Å². The van der Waals surface area contributed by atoms with E-state index >= 15 is 0 Å². The van der Waals surface area contributed by atoms with Crippen molar-refractivity contribution in [3.63, 3.8) is 0 Å². The van der Waals surface area contributed by atoms with Gasteiger partial charge in [0.2, 0.25) is 0 Å². The summed E-state index contributed by atoms with van der Waals surface area (Å²) >= 11 is 0. The molecule has 3 heteroatoms. The van der Waals surface area contributed by atoms with Gasteiger partial charge in [0.05, 0.1) is 18.0 Å². The summed E-state index contributed by atoms with van der Waals surface area (Å²) in [5.41, 5.74) is -0.590. The van der Waals surface area contributed by atoms with Crippen LogP contribution in [0.3, 0.4) is 0 Å². The molecule has 1 aromatic heterocycles. The number of hydrogen-bond donors (Lipinski definition) is 1. The van der Waals surface area contributed by atoms with E-state index in [4.69, 9.17) is 9.15 Å². The number of ether oxygens (including phenoxy) is 1. The Balaban J connectivity index is 1.92. The maximum Gasteiger partial charge on any atom is 0.106 e. The molecule has 1 fully saturated rings. The van der Waals surface area contributed by atoms with E-state index in [0.717, 1.165) is 31.4 Å². The van der Waals surface area contributed by atoms with Gasteiger partial charge in [-0.05, 0) is 37.8 Å². The lowest BCUT2D eigenvalue weighted by molar-refractivity contribution is -0.0452. The van der Waals surface area contributed by atoms with E-state index < -0.39 is 5.60 Å². The Labute approximate surface area is 90.0 Å². The third kappa shape index (κ3) is 2.61. The predicted octanol–water partition coefficient (Wildman–Crippen LogP) is 2.14. The highest BCUT2D eigenvalue weighted by Crippen LogP contribution is 2.32. The standard InChI is InChI=1S/C12H18O3/c1-14-10-4-6-12(13,7-5-10)9-11-3-2-8-15-11/h2-3,8,10,13H,4-7,9H2,1H3. The average Bonchev–Trinajstić information content (AvgIpc) is 2.71. The number of methoxy groups -OCH3 is 1. The van der Waals surface area contributed by atoms with Crippen LogP contribution < -0.4 is 0 Å². The Kier molecular flexibility index (Phi) is 3.12. The van der Waals surface area contributed by atoms with Gasteiger partial charge in [-0.3, -0.25) is 0 Å². The lowest BCUT2D eigenvalue weighted by Gasteiger charge is -2.34. The zero-order valence-electron chi connectivity index (χ0n) is 9.11. The van der Waals surface area contributed by atoms with E-state index in [1.54, 1.807) is 13.4 Å². The highest BCUT2D eigenvalue weighted by Gasteiger charge is 2.33. The van der Waals surface area contributed by atoms with Gasteiger partial charge in [-0.2, -0.15) is 0 Å². The van der Waals surface area contributed by atoms with Crippen molar-refractivity contribution in [2.45, 2.75) is 43.8 Å². The summed E-state index contributed by atoms with van der Waals surface area (Å²) in [6.07, 6.45) is 6.07. The molecule has 84 valence electrons. The lowest BCUT2D eigenvalue weighted by Crippen LogP contribution is -2.38. The zero-order valence-corrected chi connectivity index (χ0v) is 9.11. The van der Waals surface area contributed by atoms with Crippen molar-refractivity contribution in [2.24, 2.45) is 0 Å². The highest BCUT2D eigenvalue weighted by molar-refractivity contribution is 5.04. The van der Waals surface area contributed by atoms with Crippen LogP contribution in [-0.4, -0.2) is 23.9 Å². The molecule has 1 saturated carbocycles. The second-order valence-electron chi connectivity index (χ2n) is 4.42. The third-order valence-electron chi connectivity index (χ3n) is 3.28. The van der Waals surface area contributed by atoms with Gasteiger partial charge in [0.1, 0.15) is 5.76 Å². The molecule has 0 unspecified atom stereocenters. The van der Waals surface area contributed by atoms with Crippen LogP contribution in [0.5, 0.6) is 0 Å². The van der Waals surface area contributed by atoms with Crippen LogP contribution in [0.15, 0.2) is 22.8 Å². The van der Waals surface area contributed by atoms with Crippen LogP contribution in [0.1, 0.15) is 31.4 Å². The largest absolute Gasteiger partial charge is 0.469 e. The van der Waals surface area contributed by atoms with Gasteiger partial charge in [0, 0.05) is 13.5 Å². The first-order valence-corrected chi connectivity index (χ1v) is 5.49. The summed E-state index contributed by atoms with van der Waals surface area (Å²) in [6, 6.07) is 3.78. The summed E-state index contributed by atoms with van der Waals surface area (Å²) in [4.78, 5) is 0. The maximum atomic E-state index is 10.3. The molecule has 0 amide bonds. The van der Waals surface area contributed by atoms with Crippen molar-refractivity contribution >= 4 is 0 Å². The molecular formula is C12H18O3. The van der Waals surface area contributed by atoms with E-state index in [9.17, 15) is 5.11 Å². The van der Waals surface area contributed by atoms with E-state index in [0.29, 0.717) is 12.5 Å². The normalized spacial score (nSPS) is 31.7. The highest BCUT2D eigenvalue weighted by atomic mass is 16.5. The number of aliphatic hydroxyl groups is 1. The molecule has 0 saturated heterocycles. The van der Waals surface area contributed by atoms with Crippen molar-refractivity contribution in [3.05, 3.63) is 24.2 Å². The van der Waals surface area contributed by atoms with Gasteiger partial charge in [-0.15, -0.1) is 0 Å². The minimum Gasteiger partial charge on any atom is -0.469 e. The molecule has 1 aliphatic carbocycles. The van der Waals surface area contributed by atoms with Crippen LogP contribution in [0.25, 0.3) is 0 Å². The Morgan fingerprint density at radius 1 is 1.53 bits per heavy atom. The molecule has 0 aliphatic heterocycles. The topological polar surface area (TPSA) is 42.6 Å². The molecule has 1 aliphatic rings. The monoisotopic (exact) mass is 210 g/mol. The van der Waals surface area contributed by atoms with Crippen molar-refractivity contribution < 1.29 is 14.3 Å². The Morgan fingerprint density at radius 3 is 2.80 bits per heavy atom. The SMILES string of the molecule is COC1CCC(O)(Cc2ccco2)CC1. The molecule has 1 N–H and O–H groups in total.